The predicted molar refractivity (Wildman–Crippen MR) is 134 cm³/mol. The number of nitrogens with one attached hydrogen (secondary N) is 1. The molecule has 3 rings (SSSR count). The molecule has 8 heteroatoms. The van der Waals surface area contributed by atoms with E-state index in [-0.39, 0.29) is 30.2 Å². The zero-order valence-corrected chi connectivity index (χ0v) is 20.8. The summed E-state index contributed by atoms with van der Waals surface area (Å²) in [5.41, 5.74) is 4.08. The SMILES string of the molecule is CC(C)OCCCc1cc(C(=O)NCc2cc(F)cc(N=O)c2)c(C(C)C)n1Cc1cccnc1. The Balaban J connectivity index is 1.88. The first kappa shape index (κ1) is 26.2. The average Bonchev–Trinajstić information content (AvgIpc) is 3.18. The van der Waals surface area contributed by atoms with Crippen LogP contribution in [-0.4, -0.2) is 28.2 Å². The topological polar surface area (TPSA) is 85.6 Å². The fraction of sp³-hybridized carbons (Fsp3) is 0.407. The highest BCUT2D eigenvalue weighted by molar-refractivity contribution is 5.96. The fourth-order valence-electron chi connectivity index (χ4n) is 4.13. The van der Waals surface area contributed by atoms with Crippen LogP contribution < -0.4 is 5.32 Å². The first-order chi connectivity index (χ1) is 16.8. The molecule has 0 radical (unpaired) electrons. The number of ether oxygens (including phenoxy) is 1. The lowest BCUT2D eigenvalue weighted by atomic mass is 10.0. The van der Waals surface area contributed by atoms with Crippen molar-refractivity contribution < 1.29 is 13.9 Å². The Kier molecular flexibility index (Phi) is 9.25. The van der Waals surface area contributed by atoms with Gasteiger partial charge in [-0.1, -0.05) is 19.9 Å². The summed E-state index contributed by atoms with van der Waals surface area (Å²) in [6, 6.07) is 9.67. The van der Waals surface area contributed by atoms with Crippen LogP contribution in [0.4, 0.5) is 10.1 Å². The predicted octanol–water partition coefficient (Wildman–Crippen LogP) is 5.88. The van der Waals surface area contributed by atoms with Crippen molar-refractivity contribution in [1.82, 2.24) is 14.9 Å². The molecule has 0 aliphatic heterocycles. The summed E-state index contributed by atoms with van der Waals surface area (Å²) in [7, 11) is 0. The van der Waals surface area contributed by atoms with Gasteiger partial charge in [0.1, 0.15) is 11.5 Å². The second kappa shape index (κ2) is 12.4. The number of halogens is 1. The maximum Gasteiger partial charge on any atom is 0.253 e. The number of nitrogens with zero attached hydrogens (tertiary/aromatic N) is 3. The Hall–Kier alpha value is -3.39. The first-order valence-electron chi connectivity index (χ1n) is 11.9. The first-order valence-corrected chi connectivity index (χ1v) is 11.9. The summed E-state index contributed by atoms with van der Waals surface area (Å²) in [5.74, 6) is -0.723. The molecule has 3 aromatic rings. The van der Waals surface area contributed by atoms with Gasteiger partial charge in [0, 0.05) is 49.5 Å². The molecule has 35 heavy (non-hydrogen) atoms. The molecule has 0 spiro atoms. The zero-order chi connectivity index (χ0) is 25.4. The van der Waals surface area contributed by atoms with E-state index in [2.05, 4.69) is 33.9 Å². The number of nitroso groups, excluding NO2 is 1. The van der Waals surface area contributed by atoms with Crippen LogP contribution in [0.5, 0.6) is 0 Å². The van der Waals surface area contributed by atoms with Crippen LogP contribution in [0.2, 0.25) is 0 Å². The minimum absolute atomic E-state index is 0.00866. The molecule has 1 amide bonds. The van der Waals surface area contributed by atoms with E-state index in [1.165, 1.54) is 12.1 Å². The standard InChI is InChI=1S/C27H33FN4O3/c1-18(2)26-25(27(33)30-16-21-11-22(28)13-23(12-21)31-34)14-24(8-6-10-35-19(3)4)32(26)17-20-7-5-9-29-15-20/h5,7,9,11-15,18-19H,6,8,10,16-17H2,1-4H3,(H,30,33). The molecule has 0 bridgehead atoms. The number of hydrogen-bond donors (Lipinski definition) is 1. The van der Waals surface area contributed by atoms with Crippen LogP contribution in [0, 0.1) is 10.7 Å². The van der Waals surface area contributed by atoms with Crippen LogP contribution in [0.3, 0.4) is 0 Å². The number of aromatic nitrogens is 2. The largest absolute Gasteiger partial charge is 0.379 e. The van der Waals surface area contributed by atoms with Crippen LogP contribution in [0.15, 0.2) is 54.0 Å². The van der Waals surface area contributed by atoms with Gasteiger partial charge in [-0.05, 0) is 73.2 Å². The van der Waals surface area contributed by atoms with Crippen molar-refractivity contribution in [2.24, 2.45) is 5.18 Å². The van der Waals surface area contributed by atoms with Crippen molar-refractivity contribution in [2.45, 2.75) is 65.6 Å². The highest BCUT2D eigenvalue weighted by atomic mass is 19.1. The van der Waals surface area contributed by atoms with Gasteiger partial charge in [0.05, 0.1) is 11.7 Å². The third-order valence-electron chi connectivity index (χ3n) is 5.61. The van der Waals surface area contributed by atoms with E-state index < -0.39 is 5.82 Å². The molecule has 0 saturated carbocycles. The van der Waals surface area contributed by atoms with Gasteiger partial charge in [-0.15, -0.1) is 4.91 Å². The molecule has 0 saturated heterocycles. The smallest absolute Gasteiger partial charge is 0.253 e. The van der Waals surface area contributed by atoms with Gasteiger partial charge in [-0.3, -0.25) is 9.78 Å². The van der Waals surface area contributed by atoms with Crippen molar-refractivity contribution >= 4 is 11.6 Å². The summed E-state index contributed by atoms with van der Waals surface area (Å²) in [6.07, 6.45) is 5.33. The molecule has 1 N–H and O–H groups in total. The monoisotopic (exact) mass is 480 g/mol. The second-order valence-electron chi connectivity index (χ2n) is 9.15. The summed E-state index contributed by atoms with van der Waals surface area (Å²) in [6.45, 7) is 9.47. The van der Waals surface area contributed by atoms with Gasteiger partial charge in [0.15, 0.2) is 0 Å². The van der Waals surface area contributed by atoms with Crippen LogP contribution in [0.1, 0.15) is 72.9 Å². The number of aryl methyl sites for hydroxylation is 1. The second-order valence-corrected chi connectivity index (χ2v) is 9.15. The van der Waals surface area contributed by atoms with Crippen molar-refractivity contribution in [3.8, 4) is 0 Å². The highest BCUT2D eigenvalue weighted by Crippen LogP contribution is 2.27. The number of rotatable bonds is 12. The van der Waals surface area contributed by atoms with E-state index in [1.807, 2.05) is 38.2 Å². The number of carbonyl (C=O) groups is 1. The number of amides is 1. The molecule has 2 heterocycles. The van der Waals surface area contributed by atoms with Crippen molar-refractivity contribution in [3.63, 3.8) is 0 Å². The van der Waals surface area contributed by atoms with Crippen LogP contribution in [-0.2, 0) is 24.2 Å². The van der Waals surface area contributed by atoms with Gasteiger partial charge < -0.3 is 14.6 Å². The lowest BCUT2D eigenvalue weighted by Gasteiger charge is -2.17. The maximum atomic E-state index is 13.8. The van der Waals surface area contributed by atoms with Crippen LogP contribution >= 0.6 is 0 Å². The summed E-state index contributed by atoms with van der Waals surface area (Å²) in [4.78, 5) is 28.3. The molecule has 1 aromatic carbocycles. The van der Waals surface area contributed by atoms with Gasteiger partial charge in [-0.25, -0.2) is 4.39 Å². The fourth-order valence-corrected chi connectivity index (χ4v) is 4.13. The number of pyridine rings is 1. The van der Waals surface area contributed by atoms with Gasteiger partial charge in [-0.2, -0.15) is 0 Å². The Bertz CT molecular complexity index is 1140. The van der Waals surface area contributed by atoms with Crippen molar-refractivity contribution in [3.05, 3.63) is 87.6 Å². The molecule has 0 unspecified atom stereocenters. The third-order valence-corrected chi connectivity index (χ3v) is 5.61. The van der Waals surface area contributed by atoms with Gasteiger partial charge in [0.25, 0.3) is 5.91 Å². The summed E-state index contributed by atoms with van der Waals surface area (Å²) in [5, 5.41) is 5.67. The minimum atomic E-state index is -0.567. The molecule has 0 fully saturated rings. The minimum Gasteiger partial charge on any atom is -0.379 e. The van der Waals surface area contributed by atoms with E-state index in [9.17, 15) is 14.1 Å². The zero-order valence-electron chi connectivity index (χ0n) is 20.8. The molecular formula is C27H33FN4O3. The molecule has 0 aliphatic rings. The van der Waals surface area contributed by atoms with E-state index in [0.29, 0.717) is 24.3 Å². The highest BCUT2D eigenvalue weighted by Gasteiger charge is 2.22. The molecule has 0 atom stereocenters. The average molecular weight is 481 g/mol. The maximum absolute atomic E-state index is 13.8. The van der Waals surface area contributed by atoms with E-state index in [1.54, 1.807) is 6.20 Å². The van der Waals surface area contributed by atoms with Gasteiger partial charge >= 0.3 is 0 Å². The quantitative estimate of drug-likeness (QED) is 0.259. The van der Waals surface area contributed by atoms with Crippen molar-refractivity contribution in [2.75, 3.05) is 6.61 Å². The van der Waals surface area contributed by atoms with E-state index in [4.69, 9.17) is 4.74 Å². The molecule has 186 valence electrons. The summed E-state index contributed by atoms with van der Waals surface area (Å²) < 4.78 is 21.7. The molecule has 7 nitrogen and oxygen atoms in total. The van der Waals surface area contributed by atoms with E-state index in [0.717, 1.165) is 35.9 Å². The number of benzene rings is 1. The lowest BCUT2D eigenvalue weighted by molar-refractivity contribution is 0.0769. The number of hydrogen-bond acceptors (Lipinski definition) is 5. The third kappa shape index (κ3) is 7.29. The lowest BCUT2D eigenvalue weighted by Crippen LogP contribution is -2.24. The number of carbonyl (C=O) groups excluding carboxylic acids is 1. The van der Waals surface area contributed by atoms with Crippen LogP contribution in [0.25, 0.3) is 0 Å². The Morgan fingerprint density at radius 3 is 2.63 bits per heavy atom. The molecule has 2 aromatic heterocycles. The van der Waals surface area contributed by atoms with E-state index >= 15 is 0 Å². The Morgan fingerprint density at radius 1 is 1.17 bits per heavy atom. The van der Waals surface area contributed by atoms with Crippen molar-refractivity contribution in [1.29, 1.82) is 0 Å². The Labute approximate surface area is 205 Å². The summed E-state index contributed by atoms with van der Waals surface area (Å²) >= 11 is 0. The Morgan fingerprint density at radius 2 is 1.97 bits per heavy atom. The molecule has 0 aliphatic carbocycles. The molecular weight excluding hydrogens is 447 g/mol. The van der Waals surface area contributed by atoms with Gasteiger partial charge in [0.2, 0.25) is 0 Å². The normalized spacial score (nSPS) is 11.3.